The molecule has 0 N–H and O–H groups in total. The van der Waals surface area contributed by atoms with Gasteiger partial charge in [0.1, 0.15) is 0 Å². The van der Waals surface area contributed by atoms with Crippen LogP contribution in [0.4, 0.5) is 0 Å². The highest BCUT2D eigenvalue weighted by Gasteiger charge is 2.29. The van der Waals surface area contributed by atoms with Gasteiger partial charge in [0.15, 0.2) is 0 Å². The van der Waals surface area contributed by atoms with Gasteiger partial charge in [-0.25, -0.2) is 4.31 Å². The lowest BCUT2D eigenvalue weighted by atomic mass is 9.91. The normalized spacial score (nSPS) is 12.6. The van der Waals surface area contributed by atoms with E-state index in [-0.39, 0.29) is 5.54 Å². The molecule has 12 heavy (non-hydrogen) atoms. The molecule has 0 heterocycles. The molecule has 0 aromatic rings. The summed E-state index contributed by atoms with van der Waals surface area (Å²) in [7, 11) is 0. The first-order chi connectivity index (χ1) is 5.46. The molecule has 2 nitrogen and oxygen atoms in total. The van der Waals surface area contributed by atoms with Gasteiger partial charge in [0, 0.05) is 24.0 Å². The summed E-state index contributed by atoms with van der Waals surface area (Å²) in [6.07, 6.45) is 0. The van der Waals surface area contributed by atoms with Gasteiger partial charge in [-0.15, -0.1) is 0 Å². The van der Waals surface area contributed by atoms with Crippen LogP contribution in [-0.4, -0.2) is 22.0 Å². The topological polar surface area (TPSA) is 20.3 Å². The molecule has 0 aliphatic carbocycles. The summed E-state index contributed by atoms with van der Waals surface area (Å²) in [5, 5.41) is 0. The van der Waals surface area contributed by atoms with Crippen LogP contribution in [-0.2, 0) is 4.79 Å². The van der Waals surface area contributed by atoms with Gasteiger partial charge >= 0.3 is 0 Å². The first-order valence-electron chi connectivity index (χ1n) is 4.28. The molecule has 3 heteroatoms. The molecule has 0 saturated heterocycles. The van der Waals surface area contributed by atoms with E-state index < -0.39 is 0 Å². The molecular weight excluding hydrogens is 170 g/mol. The lowest BCUT2D eigenvalue weighted by Crippen LogP contribution is -2.43. The molecule has 0 spiro atoms. The highest BCUT2D eigenvalue weighted by Crippen LogP contribution is 2.28. The molecule has 1 radical (unpaired) electrons. The predicted octanol–water partition coefficient (Wildman–Crippen LogP) is 2.46. The van der Waals surface area contributed by atoms with Gasteiger partial charge in [-0.2, -0.15) is 0 Å². The molecule has 0 amide bonds. The average molecular weight is 188 g/mol. The monoisotopic (exact) mass is 188 g/mol. The molecule has 0 bridgehead atoms. The molecule has 0 unspecified atom stereocenters. The number of hydrogen-bond donors (Lipinski definition) is 0. The van der Waals surface area contributed by atoms with Crippen molar-refractivity contribution in [3.8, 4) is 0 Å². The van der Waals surface area contributed by atoms with Gasteiger partial charge < -0.3 is 0 Å². The van der Waals surface area contributed by atoms with E-state index in [1.165, 1.54) is 0 Å². The van der Waals surface area contributed by atoms with Crippen molar-refractivity contribution in [1.29, 1.82) is 0 Å². The smallest absolute Gasteiger partial charge is 0.276 e. The van der Waals surface area contributed by atoms with E-state index in [9.17, 15) is 4.79 Å². The molecule has 71 valence electrons. The molecule has 0 fully saturated rings. The van der Waals surface area contributed by atoms with Crippen LogP contribution in [0.5, 0.6) is 0 Å². The number of rotatable bonds is 5. The molecule has 0 aromatic carbocycles. The first kappa shape index (κ1) is 12.0. The maximum atomic E-state index is 10.2. The Balaban J connectivity index is 4.35. The summed E-state index contributed by atoms with van der Waals surface area (Å²) < 4.78 is 2.06. The molecule has 0 atom stereocenters. The fourth-order valence-corrected chi connectivity index (χ4v) is 1.59. The third-order valence-corrected chi connectivity index (χ3v) is 3.51. The van der Waals surface area contributed by atoms with E-state index in [4.69, 9.17) is 0 Å². The summed E-state index contributed by atoms with van der Waals surface area (Å²) in [6, 6.07) is 0. The maximum Gasteiger partial charge on any atom is 0.282 e. The summed E-state index contributed by atoms with van der Waals surface area (Å²) in [6.45, 7) is 11.5. The Kier molecular flexibility index (Phi) is 4.87. The van der Waals surface area contributed by atoms with E-state index in [0.29, 0.717) is 5.92 Å². The Hall–Kier alpha value is -0.0200. The van der Waals surface area contributed by atoms with Crippen LogP contribution in [0.2, 0.25) is 0 Å². The second kappa shape index (κ2) is 4.87. The highest BCUT2D eigenvalue weighted by molar-refractivity contribution is 8.09. The lowest BCUT2D eigenvalue weighted by molar-refractivity contribution is 0.188. The largest absolute Gasteiger partial charge is 0.282 e. The van der Waals surface area contributed by atoms with Crippen molar-refractivity contribution in [2.45, 2.75) is 40.2 Å². The molecular formula is C9H18NOS. The zero-order chi connectivity index (χ0) is 9.78. The lowest BCUT2D eigenvalue weighted by Gasteiger charge is -2.38. The fraction of sp³-hybridized carbons (Fsp3) is 0.889. The van der Waals surface area contributed by atoms with E-state index in [0.717, 1.165) is 18.5 Å². The first-order valence-corrected chi connectivity index (χ1v) is 5.05. The van der Waals surface area contributed by atoms with Crippen molar-refractivity contribution in [3.05, 3.63) is 0 Å². The van der Waals surface area contributed by atoms with E-state index in [1.54, 1.807) is 0 Å². The van der Waals surface area contributed by atoms with Crippen molar-refractivity contribution < 1.29 is 4.79 Å². The van der Waals surface area contributed by atoms with Crippen LogP contribution in [0.15, 0.2) is 0 Å². The second-order valence-electron chi connectivity index (χ2n) is 3.68. The zero-order valence-electron chi connectivity index (χ0n) is 8.55. The zero-order valence-corrected chi connectivity index (χ0v) is 9.36. The Labute approximate surface area is 79.8 Å². The standard InChI is InChI=1S/C9H18NOS/c1-6-10(12-7-11)9(4,5)8(2)3/h8H,6H2,1-5H3. The van der Waals surface area contributed by atoms with Crippen molar-refractivity contribution in [3.63, 3.8) is 0 Å². The van der Waals surface area contributed by atoms with Gasteiger partial charge in [-0.1, -0.05) is 20.8 Å². The molecule has 0 aromatic heterocycles. The Bertz CT molecular complexity index is 145. The van der Waals surface area contributed by atoms with Crippen molar-refractivity contribution in [1.82, 2.24) is 4.31 Å². The SMILES string of the molecule is CCN(S[C]=O)C(C)(C)C(C)C. The van der Waals surface area contributed by atoms with E-state index in [1.807, 2.05) is 5.62 Å². The van der Waals surface area contributed by atoms with Gasteiger partial charge in [0.05, 0.1) is 0 Å². The number of hydrogen-bond acceptors (Lipinski definition) is 3. The third-order valence-electron chi connectivity index (χ3n) is 2.49. The molecule has 0 rings (SSSR count). The van der Waals surface area contributed by atoms with Crippen molar-refractivity contribution in [2.24, 2.45) is 5.92 Å². The molecule has 0 aliphatic heterocycles. The van der Waals surface area contributed by atoms with Gasteiger partial charge in [0.25, 0.3) is 5.62 Å². The van der Waals surface area contributed by atoms with E-state index >= 15 is 0 Å². The van der Waals surface area contributed by atoms with Crippen LogP contribution in [0.25, 0.3) is 0 Å². The van der Waals surface area contributed by atoms with Crippen LogP contribution < -0.4 is 0 Å². The van der Waals surface area contributed by atoms with Crippen LogP contribution in [0.1, 0.15) is 34.6 Å². The second-order valence-corrected chi connectivity index (χ2v) is 4.47. The average Bonchev–Trinajstić information content (AvgIpc) is 1.99. The Morgan fingerprint density at radius 3 is 2.25 bits per heavy atom. The Morgan fingerprint density at radius 1 is 1.50 bits per heavy atom. The van der Waals surface area contributed by atoms with Crippen molar-refractivity contribution in [2.75, 3.05) is 6.54 Å². The minimum Gasteiger partial charge on any atom is -0.276 e. The minimum atomic E-state index is 0.0524. The van der Waals surface area contributed by atoms with Crippen LogP contribution >= 0.6 is 11.9 Å². The number of nitrogens with zero attached hydrogens (tertiary/aromatic N) is 1. The summed E-state index contributed by atoms with van der Waals surface area (Å²) in [4.78, 5) is 10.2. The summed E-state index contributed by atoms with van der Waals surface area (Å²) >= 11 is 1.14. The predicted molar refractivity (Wildman–Crippen MR) is 54.6 cm³/mol. The van der Waals surface area contributed by atoms with E-state index in [2.05, 4.69) is 38.9 Å². The quantitative estimate of drug-likeness (QED) is 0.618. The van der Waals surface area contributed by atoms with Crippen molar-refractivity contribution >= 4 is 17.6 Å². The van der Waals surface area contributed by atoms with Gasteiger partial charge in [-0.3, -0.25) is 4.79 Å². The third kappa shape index (κ3) is 2.79. The van der Waals surface area contributed by atoms with Gasteiger partial charge in [0.2, 0.25) is 0 Å². The molecule has 0 aliphatic rings. The van der Waals surface area contributed by atoms with Crippen LogP contribution in [0.3, 0.4) is 0 Å². The number of carbonyl (C=O) groups excluding carboxylic acids is 1. The summed E-state index contributed by atoms with van der Waals surface area (Å²) in [5.74, 6) is 0.526. The van der Waals surface area contributed by atoms with Gasteiger partial charge in [-0.05, 0) is 19.8 Å². The summed E-state index contributed by atoms with van der Waals surface area (Å²) in [5.41, 5.74) is 1.92. The highest BCUT2D eigenvalue weighted by atomic mass is 32.2. The Morgan fingerprint density at radius 2 is 2.00 bits per heavy atom. The minimum absolute atomic E-state index is 0.0524. The fourth-order valence-electron chi connectivity index (χ4n) is 0.923. The maximum absolute atomic E-state index is 10.2. The van der Waals surface area contributed by atoms with Crippen LogP contribution in [0, 0.1) is 5.92 Å². The molecule has 0 saturated carbocycles.